The Morgan fingerprint density at radius 2 is 1.55 bits per heavy atom. The maximum absolute atomic E-state index is 13.5. The molecule has 1 atom stereocenters. The molecule has 4 rings (SSSR count). The summed E-state index contributed by atoms with van der Waals surface area (Å²) in [5.41, 5.74) is 3.54. The van der Waals surface area contributed by atoms with Crippen LogP contribution < -0.4 is 14.2 Å². The first kappa shape index (κ1) is 28.5. The Kier molecular flexibility index (Phi) is 8.38. The fourth-order valence-electron chi connectivity index (χ4n) is 5.13. The van der Waals surface area contributed by atoms with Crippen molar-refractivity contribution in [2.24, 2.45) is 0 Å². The number of nitrogens with zero attached hydrogens (tertiary/aromatic N) is 1. The van der Waals surface area contributed by atoms with Crippen molar-refractivity contribution in [3.05, 3.63) is 88.0 Å². The van der Waals surface area contributed by atoms with Crippen LogP contribution >= 0.6 is 0 Å². The van der Waals surface area contributed by atoms with Gasteiger partial charge in [0.15, 0.2) is 11.5 Å². The number of rotatable bonds is 9. The van der Waals surface area contributed by atoms with Crippen molar-refractivity contribution in [1.82, 2.24) is 4.90 Å². The minimum absolute atomic E-state index is 0.00553. The van der Waals surface area contributed by atoms with Crippen LogP contribution in [0, 0.1) is 6.92 Å². The molecule has 1 unspecified atom stereocenters. The van der Waals surface area contributed by atoms with Crippen LogP contribution in [0.2, 0.25) is 0 Å². The van der Waals surface area contributed by atoms with Crippen LogP contribution in [0.5, 0.6) is 23.0 Å². The average molecular weight is 546 g/mol. The van der Waals surface area contributed by atoms with E-state index in [0.717, 1.165) is 11.1 Å². The van der Waals surface area contributed by atoms with Gasteiger partial charge < -0.3 is 29.3 Å². The van der Waals surface area contributed by atoms with E-state index in [0.29, 0.717) is 40.4 Å². The number of amides is 1. The summed E-state index contributed by atoms with van der Waals surface area (Å²) in [4.78, 5) is 28.4. The number of phenols is 1. The number of phenolic OH excluding ortho intramolecular Hbond substituents is 1. The number of Topliss-reactive ketones (excluding diaryl/α,β-unsaturated/α-hetero) is 1. The molecule has 0 aromatic heterocycles. The first-order chi connectivity index (χ1) is 19.1. The quantitative estimate of drug-likeness (QED) is 0.207. The highest BCUT2D eigenvalue weighted by atomic mass is 16.5. The van der Waals surface area contributed by atoms with Gasteiger partial charge >= 0.3 is 0 Å². The minimum atomic E-state index is -0.843. The maximum atomic E-state index is 13.5. The number of carbonyl (C=O) groups excluding carboxylic acids is 2. The molecule has 40 heavy (non-hydrogen) atoms. The molecule has 210 valence electrons. The summed E-state index contributed by atoms with van der Waals surface area (Å²) in [6.07, 6.45) is 0.432. The zero-order valence-electron chi connectivity index (χ0n) is 23.6. The smallest absolute Gasteiger partial charge is 0.295 e. The van der Waals surface area contributed by atoms with Gasteiger partial charge in [0.2, 0.25) is 0 Å². The number of likely N-dealkylation sites (tertiary alicyclic amines) is 1. The minimum Gasteiger partial charge on any atom is -0.508 e. The fraction of sp³-hybridized carbons (Fsp3) is 0.312. The first-order valence-electron chi connectivity index (χ1n) is 13.1. The fourth-order valence-corrected chi connectivity index (χ4v) is 5.13. The van der Waals surface area contributed by atoms with Crippen LogP contribution in [-0.2, 0) is 16.0 Å². The van der Waals surface area contributed by atoms with Crippen molar-refractivity contribution in [3.8, 4) is 23.0 Å². The highest BCUT2D eigenvalue weighted by molar-refractivity contribution is 6.46. The summed E-state index contributed by atoms with van der Waals surface area (Å²) in [6.45, 7) is 6.06. The van der Waals surface area contributed by atoms with Gasteiger partial charge in [0.1, 0.15) is 17.3 Å². The molecule has 0 aliphatic carbocycles. The van der Waals surface area contributed by atoms with Crippen LogP contribution in [0.15, 0.2) is 60.2 Å². The number of ether oxygens (including phenoxy) is 3. The molecule has 0 bridgehead atoms. The van der Waals surface area contributed by atoms with E-state index in [2.05, 4.69) is 0 Å². The van der Waals surface area contributed by atoms with Crippen molar-refractivity contribution in [1.29, 1.82) is 0 Å². The van der Waals surface area contributed by atoms with E-state index >= 15 is 0 Å². The van der Waals surface area contributed by atoms with Gasteiger partial charge in [-0.05, 0) is 77.9 Å². The molecular formula is C32H35NO7. The summed E-state index contributed by atoms with van der Waals surface area (Å²) < 4.78 is 16.3. The number of hydrogen-bond donors (Lipinski definition) is 2. The van der Waals surface area contributed by atoms with Crippen molar-refractivity contribution < 1.29 is 34.0 Å². The van der Waals surface area contributed by atoms with Gasteiger partial charge in [-0.2, -0.15) is 0 Å². The van der Waals surface area contributed by atoms with Crippen LogP contribution in [0.4, 0.5) is 0 Å². The van der Waals surface area contributed by atoms with E-state index in [9.17, 15) is 19.8 Å². The van der Waals surface area contributed by atoms with Gasteiger partial charge in [-0.3, -0.25) is 9.59 Å². The Bertz CT molecular complexity index is 1460. The third-order valence-corrected chi connectivity index (χ3v) is 7.29. The highest BCUT2D eigenvalue weighted by Gasteiger charge is 2.46. The normalized spacial score (nSPS) is 16.5. The Morgan fingerprint density at radius 3 is 2.15 bits per heavy atom. The van der Waals surface area contributed by atoms with Crippen LogP contribution in [0.3, 0.4) is 0 Å². The molecule has 1 fully saturated rings. The van der Waals surface area contributed by atoms with E-state index in [1.54, 1.807) is 39.5 Å². The Balaban J connectivity index is 1.81. The first-order valence-corrected chi connectivity index (χ1v) is 13.1. The molecule has 1 saturated heterocycles. The second-order valence-corrected chi connectivity index (χ2v) is 10.1. The van der Waals surface area contributed by atoms with Gasteiger partial charge in [-0.1, -0.05) is 32.0 Å². The summed E-state index contributed by atoms with van der Waals surface area (Å²) in [5, 5.41) is 21.5. The van der Waals surface area contributed by atoms with E-state index < -0.39 is 17.7 Å². The summed E-state index contributed by atoms with van der Waals surface area (Å²) in [6, 6.07) is 14.6. The predicted molar refractivity (Wildman–Crippen MR) is 152 cm³/mol. The lowest BCUT2D eigenvalue weighted by molar-refractivity contribution is -0.139. The number of hydrogen-bond acceptors (Lipinski definition) is 7. The number of carbonyl (C=O) groups is 2. The molecule has 3 aromatic carbocycles. The number of ketones is 1. The lowest BCUT2D eigenvalue weighted by atomic mass is 9.91. The summed E-state index contributed by atoms with van der Waals surface area (Å²) in [5.74, 6) is 0.290. The molecule has 0 radical (unpaired) electrons. The molecule has 2 N–H and O–H groups in total. The highest BCUT2D eigenvalue weighted by Crippen LogP contribution is 2.42. The van der Waals surface area contributed by atoms with Gasteiger partial charge in [0.05, 0.1) is 32.9 Å². The number of benzene rings is 3. The lowest BCUT2D eigenvalue weighted by Gasteiger charge is -2.26. The number of aromatic hydroxyl groups is 1. The second kappa shape index (κ2) is 11.7. The van der Waals surface area contributed by atoms with E-state index in [1.807, 2.05) is 45.0 Å². The van der Waals surface area contributed by atoms with Gasteiger partial charge in [-0.15, -0.1) is 0 Å². The van der Waals surface area contributed by atoms with Crippen molar-refractivity contribution in [3.63, 3.8) is 0 Å². The number of aliphatic hydroxyl groups is 1. The van der Waals surface area contributed by atoms with Crippen molar-refractivity contribution >= 4 is 17.4 Å². The summed E-state index contributed by atoms with van der Waals surface area (Å²) >= 11 is 0. The lowest BCUT2D eigenvalue weighted by Crippen LogP contribution is -2.31. The average Bonchev–Trinajstić information content (AvgIpc) is 3.20. The maximum Gasteiger partial charge on any atom is 0.295 e. The predicted octanol–water partition coefficient (Wildman–Crippen LogP) is 5.51. The third kappa shape index (κ3) is 5.34. The topological polar surface area (TPSA) is 106 Å². The van der Waals surface area contributed by atoms with E-state index in [4.69, 9.17) is 14.2 Å². The number of aliphatic hydroxyl groups excluding tert-OH is 1. The molecule has 8 nitrogen and oxygen atoms in total. The molecule has 0 spiro atoms. The standard InChI is InChI=1S/C32H35NO7/c1-18(2)23-17-24(19(3)15-26(23)39-5)30(35)28-29(21-8-10-22(34)11-9-21)33(32(37)31(28)36)14-13-20-7-12-25(38-4)27(16-20)40-6/h7-12,15-18,29,34-35H,13-14H2,1-6H3/b30-28+. The molecule has 0 saturated carbocycles. The van der Waals surface area contributed by atoms with Crippen molar-refractivity contribution in [2.75, 3.05) is 27.9 Å². The van der Waals surface area contributed by atoms with Crippen molar-refractivity contribution in [2.45, 2.75) is 39.2 Å². The number of aryl methyl sites for hydroxylation is 1. The summed E-state index contributed by atoms with van der Waals surface area (Å²) in [7, 11) is 4.70. The Morgan fingerprint density at radius 1 is 0.900 bits per heavy atom. The molecule has 8 heteroatoms. The van der Waals surface area contributed by atoms with Gasteiger partial charge in [0, 0.05) is 12.1 Å². The monoisotopic (exact) mass is 545 g/mol. The molecule has 3 aromatic rings. The molecule has 1 amide bonds. The molecule has 1 aliphatic heterocycles. The van der Waals surface area contributed by atoms with E-state index in [-0.39, 0.29) is 29.5 Å². The molecular weight excluding hydrogens is 510 g/mol. The van der Waals surface area contributed by atoms with Gasteiger partial charge in [0.25, 0.3) is 11.7 Å². The van der Waals surface area contributed by atoms with Crippen LogP contribution in [-0.4, -0.2) is 54.7 Å². The van der Waals surface area contributed by atoms with E-state index in [1.165, 1.54) is 17.0 Å². The van der Waals surface area contributed by atoms with Crippen LogP contribution in [0.1, 0.15) is 53.6 Å². The van der Waals surface area contributed by atoms with Gasteiger partial charge in [-0.25, -0.2) is 0 Å². The third-order valence-electron chi connectivity index (χ3n) is 7.29. The van der Waals surface area contributed by atoms with Crippen LogP contribution in [0.25, 0.3) is 5.76 Å². The zero-order valence-corrected chi connectivity index (χ0v) is 23.6. The molecule has 1 heterocycles. The largest absolute Gasteiger partial charge is 0.508 e. The Hall–Kier alpha value is -4.46. The Labute approximate surface area is 234 Å². The number of methoxy groups -OCH3 is 3. The zero-order chi connectivity index (χ0) is 29.1. The second-order valence-electron chi connectivity index (χ2n) is 10.1. The molecule has 1 aliphatic rings. The SMILES string of the molecule is COc1ccc(CCN2C(=O)C(=O)/C(=C(/O)c3cc(C(C)C)c(OC)cc3C)C2c2ccc(O)cc2)cc1OC.